The highest BCUT2D eigenvalue weighted by molar-refractivity contribution is 7.80. The predicted octanol–water partition coefficient (Wildman–Crippen LogP) is 3.42. The Morgan fingerprint density at radius 2 is 2.43 bits per heavy atom. The van der Waals surface area contributed by atoms with Gasteiger partial charge in [-0.15, -0.1) is 11.3 Å². The van der Waals surface area contributed by atoms with Crippen molar-refractivity contribution in [1.29, 1.82) is 0 Å². The molecule has 0 spiro atoms. The number of hydrogen-bond donors (Lipinski definition) is 1. The van der Waals surface area contributed by atoms with Crippen LogP contribution in [-0.2, 0) is 16.0 Å². The van der Waals surface area contributed by atoms with E-state index in [1.807, 2.05) is 0 Å². The van der Waals surface area contributed by atoms with Crippen LogP contribution in [-0.4, -0.2) is 48.5 Å². The van der Waals surface area contributed by atoms with Gasteiger partial charge in [0.05, 0.1) is 18.8 Å². The lowest BCUT2D eigenvalue weighted by molar-refractivity contribution is 0.0771. The molecule has 6 heteroatoms. The Kier molecular flexibility index (Phi) is 8.30. The summed E-state index contributed by atoms with van der Waals surface area (Å²) >= 11 is 7.38. The molecule has 2 rings (SSSR count). The van der Waals surface area contributed by atoms with Crippen molar-refractivity contribution in [1.82, 2.24) is 10.2 Å². The van der Waals surface area contributed by atoms with E-state index in [2.05, 4.69) is 41.6 Å². The van der Waals surface area contributed by atoms with E-state index in [1.165, 1.54) is 4.88 Å². The van der Waals surface area contributed by atoms with Gasteiger partial charge in [-0.2, -0.15) is 0 Å². The standard InChI is InChI=1S/C17H28N2O2S2/c1-14(2)20-10-5-8-18-17(22)19(12-15-6-3-9-21-15)13-16-7-4-11-23-16/h4,7,11,14-15H,3,5-6,8-10,12-13H2,1-2H3,(H,18,22)/t15-/m1/s1. The monoisotopic (exact) mass is 356 g/mol. The van der Waals surface area contributed by atoms with Crippen molar-refractivity contribution in [2.45, 2.75) is 51.9 Å². The van der Waals surface area contributed by atoms with Crippen molar-refractivity contribution in [2.75, 3.05) is 26.3 Å². The summed E-state index contributed by atoms with van der Waals surface area (Å²) in [5.74, 6) is 0. The molecule has 0 unspecified atom stereocenters. The van der Waals surface area contributed by atoms with Gasteiger partial charge >= 0.3 is 0 Å². The minimum Gasteiger partial charge on any atom is -0.379 e. The molecule has 1 aromatic heterocycles. The number of rotatable bonds is 9. The van der Waals surface area contributed by atoms with Gasteiger partial charge in [0.15, 0.2) is 5.11 Å². The van der Waals surface area contributed by atoms with Crippen LogP contribution in [0, 0.1) is 0 Å². The van der Waals surface area contributed by atoms with Crippen molar-refractivity contribution in [3.05, 3.63) is 22.4 Å². The molecular formula is C17H28N2O2S2. The molecule has 0 radical (unpaired) electrons. The van der Waals surface area contributed by atoms with Gasteiger partial charge < -0.3 is 19.7 Å². The summed E-state index contributed by atoms with van der Waals surface area (Å²) in [5, 5.41) is 6.30. The number of thiocarbonyl (C=S) groups is 1. The fourth-order valence-electron chi connectivity index (χ4n) is 2.54. The van der Waals surface area contributed by atoms with E-state index >= 15 is 0 Å². The summed E-state index contributed by atoms with van der Waals surface area (Å²) in [4.78, 5) is 3.57. The van der Waals surface area contributed by atoms with Gasteiger partial charge in [0.1, 0.15) is 0 Å². The number of nitrogens with zero attached hydrogens (tertiary/aromatic N) is 1. The Balaban J connectivity index is 1.78. The summed E-state index contributed by atoms with van der Waals surface area (Å²) < 4.78 is 11.3. The first-order valence-corrected chi connectivity index (χ1v) is 9.72. The third kappa shape index (κ3) is 7.16. The maximum atomic E-state index is 5.78. The van der Waals surface area contributed by atoms with Crippen molar-refractivity contribution in [2.24, 2.45) is 0 Å². The fourth-order valence-corrected chi connectivity index (χ4v) is 3.50. The van der Waals surface area contributed by atoms with E-state index in [0.29, 0.717) is 6.10 Å². The minimum atomic E-state index is 0.289. The van der Waals surface area contributed by atoms with Crippen LogP contribution in [0.3, 0.4) is 0 Å². The Hall–Kier alpha value is -0.690. The number of ether oxygens (including phenoxy) is 2. The second kappa shape index (κ2) is 10.2. The van der Waals surface area contributed by atoms with E-state index in [1.54, 1.807) is 11.3 Å². The first-order chi connectivity index (χ1) is 11.1. The third-order valence-corrected chi connectivity index (χ3v) is 4.97. The SMILES string of the molecule is CC(C)OCCCNC(=S)N(Cc1cccs1)C[C@H]1CCCO1. The molecule has 0 aliphatic carbocycles. The van der Waals surface area contributed by atoms with E-state index < -0.39 is 0 Å². The quantitative estimate of drug-likeness (QED) is 0.542. The second-order valence-electron chi connectivity index (χ2n) is 6.10. The molecule has 4 nitrogen and oxygen atoms in total. The van der Waals surface area contributed by atoms with Crippen LogP contribution >= 0.6 is 23.6 Å². The maximum Gasteiger partial charge on any atom is 0.169 e. The smallest absolute Gasteiger partial charge is 0.169 e. The van der Waals surface area contributed by atoms with Gasteiger partial charge in [0, 0.05) is 31.2 Å². The average molecular weight is 357 g/mol. The lowest BCUT2D eigenvalue weighted by atomic mass is 10.2. The lowest BCUT2D eigenvalue weighted by Gasteiger charge is -2.28. The molecule has 2 heterocycles. The van der Waals surface area contributed by atoms with Gasteiger partial charge in [-0.05, 0) is 56.8 Å². The number of hydrogen-bond acceptors (Lipinski definition) is 4. The van der Waals surface area contributed by atoms with Crippen molar-refractivity contribution < 1.29 is 9.47 Å². The molecule has 1 saturated heterocycles. The predicted molar refractivity (Wildman–Crippen MR) is 100 cm³/mol. The van der Waals surface area contributed by atoms with Crippen molar-refractivity contribution >= 4 is 28.7 Å². The molecule has 0 amide bonds. The molecule has 1 fully saturated rings. The topological polar surface area (TPSA) is 33.7 Å². The molecule has 23 heavy (non-hydrogen) atoms. The lowest BCUT2D eigenvalue weighted by Crippen LogP contribution is -2.43. The second-order valence-corrected chi connectivity index (χ2v) is 7.52. The molecule has 0 bridgehead atoms. The van der Waals surface area contributed by atoms with Gasteiger partial charge in [0.2, 0.25) is 0 Å². The van der Waals surface area contributed by atoms with E-state index in [4.69, 9.17) is 21.7 Å². The van der Waals surface area contributed by atoms with E-state index in [0.717, 1.165) is 57.2 Å². The molecule has 1 aromatic rings. The Morgan fingerprint density at radius 3 is 3.09 bits per heavy atom. The van der Waals surface area contributed by atoms with Crippen LogP contribution in [0.15, 0.2) is 17.5 Å². The van der Waals surface area contributed by atoms with Crippen molar-refractivity contribution in [3.63, 3.8) is 0 Å². The summed E-state index contributed by atoms with van der Waals surface area (Å²) in [6.45, 7) is 8.33. The highest BCUT2D eigenvalue weighted by Crippen LogP contribution is 2.17. The maximum absolute atomic E-state index is 5.78. The van der Waals surface area contributed by atoms with Crippen LogP contribution in [0.2, 0.25) is 0 Å². The first-order valence-electron chi connectivity index (χ1n) is 8.43. The van der Waals surface area contributed by atoms with Gasteiger partial charge in [-0.3, -0.25) is 0 Å². The Labute approximate surface area is 149 Å². The summed E-state index contributed by atoms with van der Waals surface area (Å²) in [7, 11) is 0. The summed E-state index contributed by atoms with van der Waals surface area (Å²) in [5.41, 5.74) is 0. The molecule has 0 saturated carbocycles. The fraction of sp³-hybridized carbons (Fsp3) is 0.706. The molecule has 1 aliphatic heterocycles. The minimum absolute atomic E-state index is 0.289. The average Bonchev–Trinajstić information content (AvgIpc) is 3.19. The third-order valence-electron chi connectivity index (χ3n) is 3.71. The van der Waals surface area contributed by atoms with Crippen LogP contribution in [0.5, 0.6) is 0 Å². The number of nitrogens with one attached hydrogen (secondary N) is 1. The highest BCUT2D eigenvalue weighted by Gasteiger charge is 2.21. The molecule has 1 atom stereocenters. The van der Waals surface area contributed by atoms with Gasteiger partial charge in [-0.1, -0.05) is 6.07 Å². The molecule has 130 valence electrons. The van der Waals surface area contributed by atoms with E-state index in [-0.39, 0.29) is 6.10 Å². The molecule has 0 aromatic carbocycles. The van der Waals surface area contributed by atoms with Crippen LogP contribution in [0.4, 0.5) is 0 Å². The van der Waals surface area contributed by atoms with Gasteiger partial charge in [-0.25, -0.2) is 0 Å². The van der Waals surface area contributed by atoms with Crippen molar-refractivity contribution in [3.8, 4) is 0 Å². The highest BCUT2D eigenvalue weighted by atomic mass is 32.1. The van der Waals surface area contributed by atoms with Crippen LogP contribution in [0.25, 0.3) is 0 Å². The number of thiophene rings is 1. The Bertz CT molecular complexity index is 445. The largest absolute Gasteiger partial charge is 0.379 e. The molecular weight excluding hydrogens is 328 g/mol. The van der Waals surface area contributed by atoms with Gasteiger partial charge in [0.25, 0.3) is 0 Å². The zero-order valence-electron chi connectivity index (χ0n) is 14.1. The van der Waals surface area contributed by atoms with Crippen LogP contribution in [0.1, 0.15) is 38.0 Å². The van der Waals surface area contributed by atoms with E-state index in [9.17, 15) is 0 Å². The molecule has 1 aliphatic rings. The molecule has 1 N–H and O–H groups in total. The normalized spacial score (nSPS) is 17.6. The zero-order chi connectivity index (χ0) is 16.5. The summed E-state index contributed by atoms with van der Waals surface area (Å²) in [6.07, 6.45) is 3.84. The first kappa shape index (κ1) is 18.6. The summed E-state index contributed by atoms with van der Waals surface area (Å²) in [6, 6.07) is 4.25. The Morgan fingerprint density at radius 1 is 1.57 bits per heavy atom. The zero-order valence-corrected chi connectivity index (χ0v) is 15.8. The van der Waals surface area contributed by atoms with Crippen LogP contribution < -0.4 is 5.32 Å².